The molecule has 0 saturated carbocycles. The molecular weight excluding hydrogens is 596 g/mol. The maximum atomic E-state index is 13.7. The first-order valence-electron chi connectivity index (χ1n) is 13.8. The summed E-state index contributed by atoms with van der Waals surface area (Å²) in [6, 6.07) is 23.3. The Bertz CT molecular complexity index is 2040. The quantitative estimate of drug-likeness (QED) is 0.147. The molecule has 9 nitrogen and oxygen atoms in total. The molecule has 0 unspecified atom stereocenters. The molecule has 3 heterocycles. The van der Waals surface area contributed by atoms with Crippen LogP contribution in [0, 0.1) is 11.6 Å². The number of aromatic nitrogens is 3. The average Bonchev–Trinajstić information content (AvgIpc) is 3.54. The van der Waals surface area contributed by atoms with E-state index in [9.17, 15) is 18.4 Å². The zero-order valence-electron chi connectivity index (χ0n) is 23.6. The third-order valence-corrected chi connectivity index (χ3v) is 8.04. The number of carbonyl (C=O) groups is 2. The van der Waals surface area contributed by atoms with Gasteiger partial charge in [0.15, 0.2) is 11.6 Å². The Kier molecular flexibility index (Phi) is 8.38. The van der Waals surface area contributed by atoms with E-state index in [2.05, 4.69) is 30.9 Å². The highest BCUT2D eigenvalue weighted by atomic mass is 32.1. The third kappa shape index (κ3) is 6.76. The predicted octanol–water partition coefficient (Wildman–Crippen LogP) is 6.41. The predicted molar refractivity (Wildman–Crippen MR) is 171 cm³/mol. The standard InChI is InChI=1S/C33H25F2N7O2S/c34-26-9-6-19(12-27(26)35)15-39-33(44)25-14-22(42-32(43)20-4-2-1-3-5-20)16-37-31(25)38-17-23-8-11-29(45-23)21-7-10-28-24(13-21)30(36)41-18-40-28/h1-14,16,18H,15,17H2,(H,37,38)(H,39,44)(H,42,43)(H2,36,40,41). The molecule has 0 saturated heterocycles. The molecule has 12 heteroatoms. The van der Waals surface area contributed by atoms with Gasteiger partial charge in [0.2, 0.25) is 0 Å². The number of nitrogens with zero attached hydrogens (tertiary/aromatic N) is 3. The number of carbonyl (C=O) groups excluding carboxylic acids is 2. The van der Waals surface area contributed by atoms with Crippen molar-refractivity contribution in [3.63, 3.8) is 0 Å². The first kappa shape index (κ1) is 29.3. The minimum atomic E-state index is -1.01. The van der Waals surface area contributed by atoms with Crippen molar-refractivity contribution in [3.8, 4) is 10.4 Å². The highest BCUT2D eigenvalue weighted by Gasteiger charge is 2.17. The fourth-order valence-electron chi connectivity index (χ4n) is 4.60. The summed E-state index contributed by atoms with van der Waals surface area (Å²) in [7, 11) is 0. The lowest BCUT2D eigenvalue weighted by Gasteiger charge is -2.14. The molecular formula is C33H25F2N7O2S. The van der Waals surface area contributed by atoms with Crippen molar-refractivity contribution < 1.29 is 18.4 Å². The Labute approximate surface area is 260 Å². The van der Waals surface area contributed by atoms with Crippen LogP contribution >= 0.6 is 11.3 Å². The van der Waals surface area contributed by atoms with Gasteiger partial charge in [-0.3, -0.25) is 9.59 Å². The van der Waals surface area contributed by atoms with E-state index in [1.165, 1.54) is 24.7 Å². The number of nitrogens with two attached hydrogens (primary N) is 1. The van der Waals surface area contributed by atoms with E-state index in [1.807, 2.05) is 30.3 Å². The van der Waals surface area contributed by atoms with Crippen LogP contribution < -0.4 is 21.7 Å². The van der Waals surface area contributed by atoms with Gasteiger partial charge in [-0.1, -0.05) is 30.3 Å². The SMILES string of the molecule is Nc1ncnc2ccc(-c3ccc(CNc4ncc(NC(=O)c5ccccc5)cc4C(=O)NCc4ccc(F)c(F)c4)s3)cc12. The van der Waals surface area contributed by atoms with E-state index in [4.69, 9.17) is 5.73 Å². The molecule has 0 fully saturated rings. The number of amides is 2. The fourth-order valence-corrected chi connectivity index (χ4v) is 5.54. The van der Waals surface area contributed by atoms with Crippen LogP contribution in [0.3, 0.4) is 0 Å². The van der Waals surface area contributed by atoms with Crippen molar-refractivity contribution in [1.82, 2.24) is 20.3 Å². The summed E-state index contributed by atoms with van der Waals surface area (Å²) in [5.74, 6) is -2.18. The third-order valence-electron chi connectivity index (χ3n) is 6.91. The van der Waals surface area contributed by atoms with Crippen LogP contribution in [0.4, 0.5) is 26.1 Å². The topological polar surface area (TPSA) is 135 Å². The molecule has 6 rings (SSSR count). The number of thiophene rings is 1. The fraction of sp³-hybridized carbons (Fsp3) is 0.0606. The van der Waals surface area contributed by atoms with Crippen LogP contribution in [0.25, 0.3) is 21.3 Å². The van der Waals surface area contributed by atoms with Crippen LogP contribution in [0.2, 0.25) is 0 Å². The van der Waals surface area contributed by atoms with E-state index < -0.39 is 17.5 Å². The molecule has 3 aromatic carbocycles. The second-order valence-corrected chi connectivity index (χ2v) is 11.2. The first-order valence-corrected chi connectivity index (χ1v) is 14.6. The van der Waals surface area contributed by atoms with Gasteiger partial charge in [0.05, 0.1) is 29.5 Å². The molecule has 5 N–H and O–H groups in total. The van der Waals surface area contributed by atoms with Gasteiger partial charge in [0.25, 0.3) is 11.8 Å². The van der Waals surface area contributed by atoms with E-state index in [1.54, 1.807) is 41.7 Å². The maximum Gasteiger partial charge on any atom is 0.255 e. The number of fused-ring (bicyclic) bond motifs is 1. The Morgan fingerprint density at radius 3 is 2.49 bits per heavy atom. The molecule has 0 spiro atoms. The Hall–Kier alpha value is -5.75. The van der Waals surface area contributed by atoms with Gasteiger partial charge in [-0.15, -0.1) is 11.3 Å². The molecule has 6 aromatic rings. The van der Waals surface area contributed by atoms with Gasteiger partial charge in [-0.25, -0.2) is 23.7 Å². The van der Waals surface area contributed by atoms with E-state index in [0.29, 0.717) is 29.2 Å². The Balaban J connectivity index is 1.21. The number of benzene rings is 3. The van der Waals surface area contributed by atoms with Gasteiger partial charge in [0.1, 0.15) is 18.0 Å². The lowest BCUT2D eigenvalue weighted by molar-refractivity contribution is 0.0950. The molecule has 2 amide bonds. The Morgan fingerprint density at radius 2 is 1.67 bits per heavy atom. The molecule has 0 radical (unpaired) electrons. The lowest BCUT2D eigenvalue weighted by atomic mass is 10.1. The number of hydrogen-bond acceptors (Lipinski definition) is 8. The number of pyridine rings is 1. The smallest absolute Gasteiger partial charge is 0.255 e. The van der Waals surface area contributed by atoms with Crippen molar-refractivity contribution in [2.24, 2.45) is 0 Å². The monoisotopic (exact) mass is 621 g/mol. The summed E-state index contributed by atoms with van der Waals surface area (Å²) >= 11 is 1.56. The minimum absolute atomic E-state index is 0.0499. The summed E-state index contributed by atoms with van der Waals surface area (Å²) < 4.78 is 27.1. The van der Waals surface area contributed by atoms with Gasteiger partial charge >= 0.3 is 0 Å². The normalized spacial score (nSPS) is 10.9. The highest BCUT2D eigenvalue weighted by molar-refractivity contribution is 7.15. The van der Waals surface area contributed by atoms with Crippen LogP contribution in [0.1, 0.15) is 31.2 Å². The number of hydrogen-bond donors (Lipinski definition) is 4. The molecule has 0 aliphatic heterocycles. The second kappa shape index (κ2) is 12.9. The van der Waals surface area contributed by atoms with Crippen LogP contribution in [0.15, 0.2) is 97.5 Å². The number of nitrogen functional groups attached to an aromatic ring is 1. The molecule has 0 atom stereocenters. The van der Waals surface area contributed by atoms with E-state index in [0.717, 1.165) is 38.4 Å². The van der Waals surface area contributed by atoms with Gasteiger partial charge in [-0.05, 0) is 65.7 Å². The van der Waals surface area contributed by atoms with E-state index in [-0.39, 0.29) is 23.8 Å². The average molecular weight is 622 g/mol. The summed E-state index contributed by atoms with van der Waals surface area (Å²) in [6.45, 7) is 0.307. The van der Waals surface area contributed by atoms with Crippen LogP contribution in [0.5, 0.6) is 0 Å². The Morgan fingerprint density at radius 1 is 0.822 bits per heavy atom. The molecule has 0 bridgehead atoms. The molecule has 3 aromatic heterocycles. The zero-order valence-corrected chi connectivity index (χ0v) is 24.4. The maximum absolute atomic E-state index is 13.7. The van der Waals surface area contributed by atoms with Gasteiger partial charge in [-0.2, -0.15) is 0 Å². The zero-order chi connectivity index (χ0) is 31.3. The summed E-state index contributed by atoms with van der Waals surface area (Å²) in [5.41, 5.74) is 9.06. The second-order valence-electron chi connectivity index (χ2n) is 9.98. The van der Waals surface area contributed by atoms with Crippen molar-refractivity contribution in [1.29, 1.82) is 0 Å². The van der Waals surface area contributed by atoms with Crippen molar-refractivity contribution in [3.05, 3.63) is 131 Å². The van der Waals surface area contributed by atoms with Gasteiger partial charge in [0, 0.05) is 27.2 Å². The number of nitrogens with one attached hydrogen (secondary N) is 3. The van der Waals surface area contributed by atoms with Crippen molar-refractivity contribution >= 4 is 51.4 Å². The lowest BCUT2D eigenvalue weighted by Crippen LogP contribution is -2.25. The number of rotatable bonds is 9. The van der Waals surface area contributed by atoms with Crippen molar-refractivity contribution in [2.45, 2.75) is 13.1 Å². The molecule has 224 valence electrons. The van der Waals surface area contributed by atoms with Gasteiger partial charge < -0.3 is 21.7 Å². The summed E-state index contributed by atoms with van der Waals surface area (Å²) in [4.78, 5) is 40.8. The molecule has 0 aliphatic rings. The highest BCUT2D eigenvalue weighted by Crippen LogP contribution is 2.32. The number of anilines is 3. The first-order chi connectivity index (χ1) is 21.8. The summed E-state index contributed by atoms with van der Waals surface area (Å²) in [5, 5.41) is 9.47. The van der Waals surface area contributed by atoms with Crippen LogP contribution in [-0.4, -0.2) is 26.8 Å². The van der Waals surface area contributed by atoms with Crippen molar-refractivity contribution in [2.75, 3.05) is 16.4 Å². The largest absolute Gasteiger partial charge is 0.383 e. The van der Waals surface area contributed by atoms with E-state index >= 15 is 0 Å². The number of halogens is 2. The minimum Gasteiger partial charge on any atom is -0.383 e. The molecule has 0 aliphatic carbocycles. The molecule has 45 heavy (non-hydrogen) atoms. The summed E-state index contributed by atoms with van der Waals surface area (Å²) in [6.07, 6.45) is 2.89. The van der Waals surface area contributed by atoms with Crippen LogP contribution in [-0.2, 0) is 13.1 Å².